The Labute approximate surface area is 323 Å². The summed E-state index contributed by atoms with van der Waals surface area (Å²) >= 11 is 0. The van der Waals surface area contributed by atoms with E-state index in [0.29, 0.717) is 5.84 Å². The predicted octanol–water partition coefficient (Wildman–Crippen LogP) is 11.4. The average Bonchev–Trinajstić information content (AvgIpc) is 3.80. The molecule has 3 aromatic heterocycles. The van der Waals surface area contributed by atoms with Gasteiger partial charge in [-0.25, -0.2) is 15.0 Å². The van der Waals surface area contributed by atoms with E-state index in [9.17, 15) is 0 Å². The number of pyridine rings is 1. The molecule has 0 aliphatic carbocycles. The second-order valence-corrected chi connectivity index (χ2v) is 14.1. The molecule has 1 unspecified atom stereocenters. The SMILES string of the molecule is c1ccc(-c2ccc(C3=NC(c4ccc(-n5c6ccccc6c6ccc7c8ccccc8n(-c8ccccc8)c7c65)nc4)=NC(c4ccccc4)N3)cc2)cc1. The number of nitrogens with zero attached hydrogens (tertiary/aromatic N) is 5. The minimum Gasteiger partial charge on any atom is -0.344 e. The van der Waals surface area contributed by atoms with E-state index in [2.05, 4.69) is 178 Å². The van der Waals surface area contributed by atoms with Gasteiger partial charge in [0.2, 0.25) is 0 Å². The Morgan fingerprint density at radius 3 is 1.62 bits per heavy atom. The first-order valence-corrected chi connectivity index (χ1v) is 18.9. The molecular weight excluding hydrogens is 685 g/mol. The van der Waals surface area contributed by atoms with E-state index in [-0.39, 0.29) is 6.17 Å². The molecule has 56 heavy (non-hydrogen) atoms. The summed E-state index contributed by atoms with van der Waals surface area (Å²) in [5.74, 6) is 2.23. The van der Waals surface area contributed by atoms with E-state index in [1.54, 1.807) is 0 Å². The third-order valence-electron chi connectivity index (χ3n) is 10.8. The van der Waals surface area contributed by atoms with Crippen molar-refractivity contribution in [3.8, 4) is 22.6 Å². The van der Waals surface area contributed by atoms with Crippen LogP contribution in [0.4, 0.5) is 0 Å². The number of para-hydroxylation sites is 3. The Balaban J connectivity index is 1.07. The van der Waals surface area contributed by atoms with Crippen molar-refractivity contribution in [3.63, 3.8) is 0 Å². The third kappa shape index (κ3) is 5.22. The summed E-state index contributed by atoms with van der Waals surface area (Å²) in [7, 11) is 0. The molecule has 1 aliphatic heterocycles. The molecule has 6 nitrogen and oxygen atoms in total. The van der Waals surface area contributed by atoms with Crippen molar-refractivity contribution < 1.29 is 0 Å². The van der Waals surface area contributed by atoms with Crippen molar-refractivity contribution in [2.75, 3.05) is 0 Å². The predicted molar refractivity (Wildman–Crippen MR) is 230 cm³/mol. The molecule has 1 aliphatic rings. The van der Waals surface area contributed by atoms with E-state index in [1.807, 2.05) is 30.5 Å². The highest BCUT2D eigenvalue weighted by molar-refractivity contribution is 6.23. The monoisotopic (exact) mass is 718 g/mol. The topological polar surface area (TPSA) is 59.5 Å². The first kappa shape index (κ1) is 31.9. The Morgan fingerprint density at radius 1 is 0.429 bits per heavy atom. The van der Waals surface area contributed by atoms with Gasteiger partial charge in [-0.2, -0.15) is 0 Å². The number of amidine groups is 2. The molecule has 7 aromatic carbocycles. The molecular formula is C50H34N6. The van der Waals surface area contributed by atoms with Gasteiger partial charge in [0.05, 0.1) is 22.1 Å². The maximum Gasteiger partial charge on any atom is 0.160 e. The second-order valence-electron chi connectivity index (χ2n) is 14.1. The van der Waals surface area contributed by atoms with E-state index < -0.39 is 0 Å². The number of benzene rings is 7. The maximum absolute atomic E-state index is 5.18. The molecule has 10 aromatic rings. The molecule has 11 rings (SSSR count). The Morgan fingerprint density at radius 2 is 0.964 bits per heavy atom. The first-order chi connectivity index (χ1) is 27.8. The van der Waals surface area contributed by atoms with E-state index in [1.165, 1.54) is 32.6 Å². The molecule has 0 bridgehead atoms. The summed E-state index contributed by atoms with van der Waals surface area (Å²) < 4.78 is 4.71. The summed E-state index contributed by atoms with van der Waals surface area (Å²) in [6, 6.07) is 65.9. The number of aromatic nitrogens is 3. The Bertz CT molecular complexity index is 3120. The lowest BCUT2D eigenvalue weighted by Gasteiger charge is -2.23. The quantitative estimate of drug-likeness (QED) is 0.186. The fourth-order valence-corrected chi connectivity index (χ4v) is 8.22. The van der Waals surface area contributed by atoms with Crippen LogP contribution < -0.4 is 5.32 Å². The van der Waals surface area contributed by atoms with Gasteiger partial charge >= 0.3 is 0 Å². The average molecular weight is 719 g/mol. The summed E-state index contributed by atoms with van der Waals surface area (Å²) in [5, 5.41) is 8.38. The van der Waals surface area contributed by atoms with Gasteiger partial charge in [0, 0.05) is 44.6 Å². The number of hydrogen-bond acceptors (Lipinski definition) is 4. The molecule has 0 saturated carbocycles. The number of rotatable bonds is 6. The van der Waals surface area contributed by atoms with Gasteiger partial charge in [0.25, 0.3) is 0 Å². The second kappa shape index (κ2) is 13.1. The van der Waals surface area contributed by atoms with Crippen LogP contribution in [0.5, 0.6) is 0 Å². The van der Waals surface area contributed by atoms with Gasteiger partial charge in [-0.1, -0.05) is 152 Å². The zero-order valence-corrected chi connectivity index (χ0v) is 30.3. The first-order valence-electron chi connectivity index (χ1n) is 18.9. The maximum atomic E-state index is 5.18. The minimum absolute atomic E-state index is 0.308. The van der Waals surface area contributed by atoms with Crippen molar-refractivity contribution in [3.05, 3.63) is 211 Å². The fourth-order valence-electron chi connectivity index (χ4n) is 8.22. The van der Waals surface area contributed by atoms with Crippen LogP contribution >= 0.6 is 0 Å². The molecule has 0 fully saturated rings. The molecule has 1 atom stereocenters. The standard InChI is InChI=1S/C50H34N6/c1-4-14-33(15-5-1)34-24-26-36(27-25-34)49-52-48(35-16-6-2-7-17-35)53-50(54-49)37-28-31-45(51-32-37)56-44-23-13-11-21-40(44)42-30-29-41-39-20-10-12-22-43(39)55(46(41)47(42)56)38-18-8-3-9-19-38/h1-32,48H,(H,52,53,54). The fraction of sp³-hybridized carbons (Fsp3) is 0.0200. The van der Waals surface area contributed by atoms with Gasteiger partial charge < -0.3 is 9.88 Å². The Hall–Kier alpha value is -7.57. The van der Waals surface area contributed by atoms with Crippen LogP contribution in [0.3, 0.4) is 0 Å². The van der Waals surface area contributed by atoms with Gasteiger partial charge in [-0.05, 0) is 53.1 Å². The van der Waals surface area contributed by atoms with Gasteiger partial charge in [0.1, 0.15) is 17.8 Å². The summed E-state index contributed by atoms with van der Waals surface area (Å²) in [6.07, 6.45) is 1.60. The van der Waals surface area contributed by atoms with Gasteiger partial charge in [-0.15, -0.1) is 0 Å². The highest BCUT2D eigenvalue weighted by Crippen LogP contribution is 2.41. The lowest BCUT2D eigenvalue weighted by molar-refractivity contribution is 0.674. The van der Waals surface area contributed by atoms with Gasteiger partial charge in [0.15, 0.2) is 5.84 Å². The zero-order valence-electron chi connectivity index (χ0n) is 30.3. The van der Waals surface area contributed by atoms with Crippen LogP contribution in [-0.2, 0) is 0 Å². The van der Waals surface area contributed by atoms with E-state index >= 15 is 0 Å². The smallest absolute Gasteiger partial charge is 0.160 e. The molecule has 264 valence electrons. The highest BCUT2D eigenvalue weighted by atomic mass is 15.2. The lowest BCUT2D eigenvalue weighted by Crippen LogP contribution is -2.33. The summed E-state index contributed by atoms with van der Waals surface area (Å²) in [4.78, 5) is 15.4. The van der Waals surface area contributed by atoms with Crippen molar-refractivity contribution in [2.24, 2.45) is 9.98 Å². The molecule has 4 heterocycles. The van der Waals surface area contributed by atoms with Crippen LogP contribution in [0.15, 0.2) is 204 Å². The third-order valence-corrected chi connectivity index (χ3v) is 10.8. The van der Waals surface area contributed by atoms with Crippen molar-refractivity contribution in [1.82, 2.24) is 19.4 Å². The summed E-state index contributed by atoms with van der Waals surface area (Å²) in [6.45, 7) is 0. The molecule has 0 spiro atoms. The molecule has 6 heteroatoms. The highest BCUT2D eigenvalue weighted by Gasteiger charge is 2.24. The van der Waals surface area contributed by atoms with Crippen LogP contribution in [0, 0.1) is 0 Å². The zero-order chi connectivity index (χ0) is 37.0. The molecule has 0 amide bonds. The lowest BCUT2D eigenvalue weighted by atomic mass is 10.0. The number of nitrogens with one attached hydrogen (secondary N) is 1. The van der Waals surface area contributed by atoms with E-state index in [4.69, 9.17) is 15.0 Å². The van der Waals surface area contributed by atoms with Crippen LogP contribution in [0.2, 0.25) is 0 Å². The number of fused-ring (bicyclic) bond motifs is 7. The van der Waals surface area contributed by atoms with Crippen molar-refractivity contribution in [1.29, 1.82) is 0 Å². The van der Waals surface area contributed by atoms with Crippen LogP contribution in [0.1, 0.15) is 22.9 Å². The largest absolute Gasteiger partial charge is 0.344 e. The van der Waals surface area contributed by atoms with Crippen molar-refractivity contribution in [2.45, 2.75) is 6.17 Å². The minimum atomic E-state index is -0.308. The summed E-state index contributed by atoms with van der Waals surface area (Å²) in [5.41, 5.74) is 10.9. The van der Waals surface area contributed by atoms with Crippen LogP contribution in [-0.4, -0.2) is 25.8 Å². The normalized spacial score (nSPS) is 14.2. The Kier molecular flexibility index (Phi) is 7.45. The molecule has 0 radical (unpaired) electrons. The molecule has 0 saturated heterocycles. The number of hydrogen-bond donors (Lipinski definition) is 1. The number of aliphatic imine (C=N–C) groups is 2. The van der Waals surface area contributed by atoms with E-state index in [0.717, 1.165) is 56.1 Å². The van der Waals surface area contributed by atoms with Crippen LogP contribution in [0.25, 0.3) is 66.2 Å². The van der Waals surface area contributed by atoms with Gasteiger partial charge in [-0.3, -0.25) is 4.57 Å². The van der Waals surface area contributed by atoms with Crippen molar-refractivity contribution >= 4 is 55.3 Å². The molecule has 1 N–H and O–H groups in total.